The average molecular weight is 323 g/mol. The van der Waals surface area contributed by atoms with Crippen molar-refractivity contribution in [3.8, 4) is 0 Å². The summed E-state index contributed by atoms with van der Waals surface area (Å²) >= 11 is 0. The smallest absolute Gasteiger partial charge is 0.337 e. The molecule has 1 aliphatic rings. The number of aromatic nitrogens is 2. The summed E-state index contributed by atoms with van der Waals surface area (Å²) < 4.78 is 41.3. The van der Waals surface area contributed by atoms with E-state index in [2.05, 4.69) is 9.88 Å². The van der Waals surface area contributed by atoms with Crippen molar-refractivity contribution in [3.05, 3.63) is 54.1 Å². The Bertz CT molecular complexity index is 622. The highest BCUT2D eigenvalue weighted by Gasteiger charge is 2.33. The van der Waals surface area contributed by atoms with Gasteiger partial charge in [-0.15, -0.1) is 0 Å². The lowest BCUT2D eigenvalue weighted by Gasteiger charge is -2.33. The summed E-state index contributed by atoms with van der Waals surface area (Å²) in [6.07, 6.45) is 3.31. The van der Waals surface area contributed by atoms with Crippen LogP contribution in [-0.4, -0.2) is 27.5 Å². The summed E-state index contributed by atoms with van der Waals surface area (Å²) in [5.74, 6) is 0.455. The number of imidazole rings is 1. The Kier molecular flexibility index (Phi) is 4.71. The van der Waals surface area contributed by atoms with Gasteiger partial charge < -0.3 is 4.57 Å². The van der Waals surface area contributed by atoms with Crippen molar-refractivity contribution in [2.75, 3.05) is 13.1 Å². The van der Waals surface area contributed by atoms with Gasteiger partial charge in [0.05, 0.1) is 11.9 Å². The highest BCUT2D eigenvalue weighted by Crippen LogP contribution is 2.33. The molecule has 2 heterocycles. The van der Waals surface area contributed by atoms with Gasteiger partial charge in [0.1, 0.15) is 0 Å². The second-order valence-electron chi connectivity index (χ2n) is 6.16. The number of benzene rings is 1. The summed E-state index contributed by atoms with van der Waals surface area (Å²) in [6.45, 7) is 2.91. The van der Waals surface area contributed by atoms with Crippen molar-refractivity contribution < 1.29 is 13.2 Å². The third-order valence-electron chi connectivity index (χ3n) is 4.35. The van der Waals surface area contributed by atoms with Crippen molar-refractivity contribution in [2.24, 2.45) is 5.92 Å². The van der Waals surface area contributed by atoms with Gasteiger partial charge in [-0.25, -0.2) is 4.98 Å². The highest BCUT2D eigenvalue weighted by molar-refractivity contribution is 5.29. The fourth-order valence-corrected chi connectivity index (χ4v) is 3.31. The monoisotopic (exact) mass is 323 g/mol. The zero-order valence-corrected chi connectivity index (χ0v) is 12.8. The van der Waals surface area contributed by atoms with Gasteiger partial charge >= 0.3 is 6.18 Å². The lowest BCUT2D eigenvalue weighted by Crippen LogP contribution is -2.36. The van der Waals surface area contributed by atoms with E-state index >= 15 is 0 Å². The summed E-state index contributed by atoms with van der Waals surface area (Å²) in [7, 11) is 0. The van der Waals surface area contributed by atoms with Crippen LogP contribution in [-0.2, 0) is 19.3 Å². The van der Waals surface area contributed by atoms with Gasteiger partial charge in [0.25, 0.3) is 0 Å². The van der Waals surface area contributed by atoms with Crippen LogP contribution in [0.5, 0.6) is 0 Å². The molecule has 1 aromatic heterocycles. The van der Waals surface area contributed by atoms with E-state index in [9.17, 15) is 13.2 Å². The van der Waals surface area contributed by atoms with Crippen LogP contribution in [0.25, 0.3) is 0 Å². The number of alkyl halides is 3. The molecular weight excluding hydrogens is 303 g/mol. The molecule has 1 saturated heterocycles. The molecule has 0 saturated carbocycles. The van der Waals surface area contributed by atoms with Gasteiger partial charge in [-0.3, -0.25) is 4.90 Å². The first-order valence-corrected chi connectivity index (χ1v) is 7.85. The van der Waals surface area contributed by atoms with E-state index in [0.29, 0.717) is 18.0 Å². The molecule has 0 spiro atoms. The second kappa shape index (κ2) is 6.74. The molecule has 0 radical (unpaired) electrons. The first kappa shape index (κ1) is 16.1. The van der Waals surface area contributed by atoms with E-state index in [1.807, 2.05) is 10.8 Å². The average Bonchev–Trinajstić information content (AvgIpc) is 3.00. The van der Waals surface area contributed by atoms with E-state index in [0.717, 1.165) is 32.5 Å². The minimum Gasteiger partial charge on any atom is -0.337 e. The predicted octanol–water partition coefficient (Wildman–Crippen LogP) is 3.81. The van der Waals surface area contributed by atoms with Crippen molar-refractivity contribution >= 4 is 0 Å². The molecule has 0 aliphatic carbocycles. The van der Waals surface area contributed by atoms with Gasteiger partial charge in [0, 0.05) is 32.0 Å². The molecule has 1 aliphatic heterocycles. The fourth-order valence-electron chi connectivity index (χ4n) is 3.31. The second-order valence-corrected chi connectivity index (χ2v) is 6.16. The van der Waals surface area contributed by atoms with Crippen molar-refractivity contribution in [1.82, 2.24) is 14.5 Å². The van der Waals surface area contributed by atoms with Crippen LogP contribution in [0.1, 0.15) is 24.0 Å². The molecule has 3 nitrogen and oxygen atoms in total. The molecule has 1 atom stereocenters. The van der Waals surface area contributed by atoms with Crippen LogP contribution in [0.15, 0.2) is 43.0 Å². The normalized spacial score (nSPS) is 19.9. The Hall–Kier alpha value is -1.82. The standard InChI is InChI=1S/C17H20F3N3/c18-17(19,20)16-6-2-1-5-15(16)12-22-8-3-4-14(10-22)11-23-9-7-21-13-23/h1-2,5-7,9,13-14H,3-4,8,10-12H2/t14-/m0/s1. The van der Waals surface area contributed by atoms with Crippen LogP contribution < -0.4 is 0 Å². The van der Waals surface area contributed by atoms with Crippen LogP contribution >= 0.6 is 0 Å². The highest BCUT2D eigenvalue weighted by atomic mass is 19.4. The zero-order valence-electron chi connectivity index (χ0n) is 12.8. The number of likely N-dealkylation sites (tertiary alicyclic amines) is 1. The molecule has 0 unspecified atom stereocenters. The first-order chi connectivity index (χ1) is 11.0. The van der Waals surface area contributed by atoms with Crippen LogP contribution in [0, 0.1) is 5.92 Å². The van der Waals surface area contributed by atoms with Gasteiger partial charge in [-0.2, -0.15) is 13.2 Å². The first-order valence-electron chi connectivity index (χ1n) is 7.85. The summed E-state index contributed by atoms with van der Waals surface area (Å²) in [5.41, 5.74) is -0.153. The number of halogens is 3. The van der Waals surface area contributed by atoms with Gasteiger partial charge in [-0.1, -0.05) is 18.2 Å². The molecule has 0 N–H and O–H groups in total. The van der Waals surface area contributed by atoms with E-state index in [-0.39, 0.29) is 0 Å². The van der Waals surface area contributed by atoms with Crippen molar-refractivity contribution in [2.45, 2.75) is 32.1 Å². The van der Waals surface area contributed by atoms with Crippen LogP contribution in [0.3, 0.4) is 0 Å². The molecule has 23 heavy (non-hydrogen) atoms. The molecule has 1 aromatic carbocycles. The third kappa shape index (κ3) is 4.13. The molecule has 6 heteroatoms. The number of hydrogen-bond acceptors (Lipinski definition) is 2. The summed E-state index contributed by atoms with van der Waals surface area (Å²) in [5, 5.41) is 0. The van der Waals surface area contributed by atoms with Crippen LogP contribution in [0.2, 0.25) is 0 Å². The molecule has 2 aromatic rings. The number of piperidine rings is 1. The van der Waals surface area contributed by atoms with E-state index < -0.39 is 11.7 Å². The van der Waals surface area contributed by atoms with Crippen LogP contribution in [0.4, 0.5) is 13.2 Å². The number of nitrogens with zero attached hydrogens (tertiary/aromatic N) is 3. The lowest BCUT2D eigenvalue weighted by atomic mass is 9.97. The molecule has 1 fully saturated rings. The minimum atomic E-state index is -4.29. The Morgan fingerprint density at radius 3 is 2.78 bits per heavy atom. The molecule has 124 valence electrons. The number of hydrogen-bond donors (Lipinski definition) is 0. The largest absolute Gasteiger partial charge is 0.416 e. The number of rotatable bonds is 4. The summed E-state index contributed by atoms with van der Waals surface area (Å²) in [6, 6.07) is 5.88. The lowest BCUT2D eigenvalue weighted by molar-refractivity contribution is -0.138. The van der Waals surface area contributed by atoms with E-state index in [1.54, 1.807) is 24.7 Å². The zero-order chi connectivity index (χ0) is 16.3. The predicted molar refractivity (Wildman–Crippen MR) is 81.7 cm³/mol. The topological polar surface area (TPSA) is 21.1 Å². The Labute approximate surface area is 133 Å². The maximum Gasteiger partial charge on any atom is 0.416 e. The van der Waals surface area contributed by atoms with E-state index in [4.69, 9.17) is 0 Å². The van der Waals surface area contributed by atoms with E-state index in [1.165, 1.54) is 12.1 Å². The summed E-state index contributed by atoms with van der Waals surface area (Å²) in [4.78, 5) is 6.17. The Morgan fingerprint density at radius 1 is 1.22 bits per heavy atom. The van der Waals surface area contributed by atoms with Crippen molar-refractivity contribution in [1.29, 1.82) is 0 Å². The van der Waals surface area contributed by atoms with Crippen molar-refractivity contribution in [3.63, 3.8) is 0 Å². The SMILES string of the molecule is FC(F)(F)c1ccccc1CN1CCC[C@H](Cn2ccnc2)C1. The maximum atomic E-state index is 13.1. The third-order valence-corrected chi connectivity index (χ3v) is 4.35. The molecule has 3 rings (SSSR count). The molecular formula is C17H20F3N3. The van der Waals surface area contributed by atoms with Gasteiger partial charge in [0.2, 0.25) is 0 Å². The Balaban J connectivity index is 1.66. The van der Waals surface area contributed by atoms with Gasteiger partial charge in [0.15, 0.2) is 0 Å². The van der Waals surface area contributed by atoms with Gasteiger partial charge in [-0.05, 0) is 36.9 Å². The Morgan fingerprint density at radius 2 is 2.04 bits per heavy atom. The maximum absolute atomic E-state index is 13.1. The molecule has 0 amide bonds. The minimum absolute atomic E-state index is 0.357. The molecule has 0 bridgehead atoms. The quantitative estimate of drug-likeness (QED) is 0.853. The fraction of sp³-hybridized carbons (Fsp3) is 0.471.